The van der Waals surface area contributed by atoms with Crippen LogP contribution in [0.4, 0.5) is 0 Å². The van der Waals surface area contributed by atoms with Crippen molar-refractivity contribution in [3.63, 3.8) is 0 Å². The molecule has 0 aliphatic rings. The summed E-state index contributed by atoms with van der Waals surface area (Å²) in [6.45, 7) is 0. The summed E-state index contributed by atoms with van der Waals surface area (Å²) in [5, 5.41) is 0. The summed E-state index contributed by atoms with van der Waals surface area (Å²) in [5.74, 6) is 0. The van der Waals surface area contributed by atoms with Crippen molar-refractivity contribution >= 4 is 35.6 Å². The van der Waals surface area contributed by atoms with E-state index in [2.05, 4.69) is 4.98 Å². The number of alkyl halides is 2. The summed E-state index contributed by atoms with van der Waals surface area (Å²) in [6, 6.07) is 3.56. The number of aromatic nitrogens is 1. The standard InChI is InChI=1S/C6H5Cl2N.ClH/c7-6(8)5-1-3-9-4-2-5;/h1-4,6H;1H. The van der Waals surface area contributed by atoms with E-state index >= 15 is 0 Å². The topological polar surface area (TPSA) is 12.9 Å². The lowest BCUT2D eigenvalue weighted by Crippen LogP contribution is -1.79. The van der Waals surface area contributed by atoms with Crippen LogP contribution in [0.5, 0.6) is 0 Å². The van der Waals surface area contributed by atoms with Gasteiger partial charge in [0.2, 0.25) is 0 Å². The van der Waals surface area contributed by atoms with E-state index < -0.39 is 4.84 Å². The lowest BCUT2D eigenvalue weighted by Gasteiger charge is -1.96. The van der Waals surface area contributed by atoms with Gasteiger partial charge in [0.25, 0.3) is 0 Å². The molecular weight excluding hydrogens is 192 g/mol. The maximum absolute atomic E-state index is 5.54. The largest absolute Gasteiger partial charge is 0.265 e. The second kappa shape index (κ2) is 4.78. The number of hydrogen-bond donors (Lipinski definition) is 0. The van der Waals surface area contributed by atoms with Gasteiger partial charge in [-0.2, -0.15) is 0 Å². The van der Waals surface area contributed by atoms with Crippen LogP contribution in [0, 0.1) is 0 Å². The molecule has 56 valence electrons. The minimum absolute atomic E-state index is 0. The van der Waals surface area contributed by atoms with E-state index in [1.807, 2.05) is 0 Å². The fourth-order valence-electron chi connectivity index (χ4n) is 0.509. The zero-order valence-electron chi connectivity index (χ0n) is 5.00. The minimum Gasteiger partial charge on any atom is -0.265 e. The Hall–Kier alpha value is 0.0200. The first-order valence-electron chi connectivity index (χ1n) is 2.49. The molecule has 0 spiro atoms. The minimum atomic E-state index is -0.437. The first-order chi connectivity index (χ1) is 4.30. The predicted octanol–water partition coefficient (Wildman–Crippen LogP) is 2.98. The van der Waals surface area contributed by atoms with Crippen LogP contribution in [-0.2, 0) is 0 Å². The van der Waals surface area contributed by atoms with Crippen molar-refractivity contribution in [2.75, 3.05) is 0 Å². The molecule has 1 aromatic heterocycles. The molecule has 0 radical (unpaired) electrons. The van der Waals surface area contributed by atoms with Gasteiger partial charge in [-0.05, 0) is 17.7 Å². The lowest BCUT2D eigenvalue weighted by molar-refractivity contribution is 1.25. The van der Waals surface area contributed by atoms with Crippen LogP contribution in [0.1, 0.15) is 10.4 Å². The van der Waals surface area contributed by atoms with E-state index in [9.17, 15) is 0 Å². The van der Waals surface area contributed by atoms with E-state index in [1.54, 1.807) is 24.5 Å². The summed E-state index contributed by atoms with van der Waals surface area (Å²) in [4.78, 5) is 3.37. The smallest absolute Gasteiger partial charge is 0.132 e. The summed E-state index contributed by atoms with van der Waals surface area (Å²) in [7, 11) is 0. The molecule has 10 heavy (non-hydrogen) atoms. The molecule has 0 atom stereocenters. The number of nitrogens with zero attached hydrogens (tertiary/aromatic N) is 1. The van der Waals surface area contributed by atoms with Crippen LogP contribution in [0.2, 0.25) is 0 Å². The predicted molar refractivity (Wildman–Crippen MR) is 45.9 cm³/mol. The highest BCUT2D eigenvalue weighted by molar-refractivity contribution is 6.44. The molecule has 0 aromatic carbocycles. The van der Waals surface area contributed by atoms with Crippen molar-refractivity contribution in [3.8, 4) is 0 Å². The van der Waals surface area contributed by atoms with Crippen LogP contribution in [-0.4, -0.2) is 4.98 Å². The van der Waals surface area contributed by atoms with Crippen LogP contribution in [0.25, 0.3) is 0 Å². The monoisotopic (exact) mass is 197 g/mol. The highest BCUT2D eigenvalue weighted by Crippen LogP contribution is 2.22. The fraction of sp³-hybridized carbons (Fsp3) is 0.167. The summed E-state index contributed by atoms with van der Waals surface area (Å²) >= 11 is 11.1. The summed E-state index contributed by atoms with van der Waals surface area (Å²) in [5.41, 5.74) is 0.883. The van der Waals surface area contributed by atoms with E-state index in [1.165, 1.54) is 0 Å². The van der Waals surface area contributed by atoms with Gasteiger partial charge in [-0.1, -0.05) is 0 Å². The first kappa shape index (κ1) is 10.0. The Bertz CT molecular complexity index is 176. The second-order valence-corrected chi connectivity index (χ2v) is 2.68. The van der Waals surface area contributed by atoms with Gasteiger partial charge in [0.05, 0.1) is 0 Å². The molecule has 0 N–H and O–H groups in total. The van der Waals surface area contributed by atoms with Gasteiger partial charge >= 0.3 is 0 Å². The van der Waals surface area contributed by atoms with Crippen molar-refractivity contribution in [2.45, 2.75) is 4.84 Å². The molecule has 4 heteroatoms. The zero-order valence-corrected chi connectivity index (χ0v) is 7.33. The van der Waals surface area contributed by atoms with Crippen molar-refractivity contribution in [3.05, 3.63) is 30.1 Å². The molecule has 0 aliphatic heterocycles. The van der Waals surface area contributed by atoms with Crippen LogP contribution in [0.15, 0.2) is 24.5 Å². The van der Waals surface area contributed by atoms with Gasteiger partial charge in [-0.25, -0.2) is 0 Å². The van der Waals surface area contributed by atoms with Crippen molar-refractivity contribution in [1.29, 1.82) is 0 Å². The van der Waals surface area contributed by atoms with Gasteiger partial charge in [-0.15, -0.1) is 35.6 Å². The fourth-order valence-corrected chi connectivity index (χ4v) is 0.800. The van der Waals surface area contributed by atoms with Crippen molar-refractivity contribution < 1.29 is 0 Å². The Morgan fingerprint density at radius 3 is 2.00 bits per heavy atom. The van der Waals surface area contributed by atoms with Crippen molar-refractivity contribution in [2.24, 2.45) is 0 Å². The zero-order chi connectivity index (χ0) is 6.69. The molecule has 0 unspecified atom stereocenters. The third kappa shape index (κ3) is 2.74. The molecule has 0 saturated heterocycles. The molecule has 1 aromatic rings. The van der Waals surface area contributed by atoms with Gasteiger partial charge in [-0.3, -0.25) is 4.98 Å². The van der Waals surface area contributed by atoms with Crippen molar-refractivity contribution in [1.82, 2.24) is 4.98 Å². The molecule has 1 rings (SSSR count). The van der Waals surface area contributed by atoms with E-state index in [0.29, 0.717) is 0 Å². The molecule has 0 saturated carbocycles. The number of pyridine rings is 1. The summed E-state index contributed by atoms with van der Waals surface area (Å²) in [6.07, 6.45) is 3.32. The number of hydrogen-bond acceptors (Lipinski definition) is 1. The van der Waals surface area contributed by atoms with Gasteiger partial charge in [0.1, 0.15) is 4.84 Å². The average Bonchev–Trinajstić information content (AvgIpc) is 1.90. The highest BCUT2D eigenvalue weighted by atomic mass is 35.5. The van der Waals surface area contributed by atoms with Crippen LogP contribution >= 0.6 is 35.6 Å². The Morgan fingerprint density at radius 2 is 1.70 bits per heavy atom. The van der Waals surface area contributed by atoms with Gasteiger partial charge in [0, 0.05) is 12.4 Å². The van der Waals surface area contributed by atoms with E-state index in [0.717, 1.165) is 5.56 Å². The van der Waals surface area contributed by atoms with Gasteiger partial charge in [0.15, 0.2) is 0 Å². The quantitative estimate of drug-likeness (QED) is 0.632. The van der Waals surface area contributed by atoms with E-state index in [4.69, 9.17) is 23.2 Å². The Labute approximate surface area is 75.8 Å². The molecule has 0 amide bonds. The molecule has 0 aliphatic carbocycles. The molecular formula is C6H6Cl3N. The summed E-state index contributed by atoms with van der Waals surface area (Å²) < 4.78 is 0. The number of halogens is 3. The molecule has 1 heterocycles. The third-order valence-electron chi connectivity index (χ3n) is 0.958. The van der Waals surface area contributed by atoms with Crippen LogP contribution in [0.3, 0.4) is 0 Å². The Balaban J connectivity index is 0.000000810. The highest BCUT2D eigenvalue weighted by Gasteiger charge is 1.99. The maximum atomic E-state index is 5.54. The van der Waals surface area contributed by atoms with Gasteiger partial charge < -0.3 is 0 Å². The number of rotatable bonds is 1. The molecule has 0 bridgehead atoms. The normalized spacial score (nSPS) is 9.10. The van der Waals surface area contributed by atoms with Crippen LogP contribution < -0.4 is 0 Å². The average molecular weight is 198 g/mol. The SMILES string of the molecule is Cl.ClC(Cl)c1ccncc1. The lowest BCUT2D eigenvalue weighted by atomic mass is 10.3. The Kier molecular flexibility index (Phi) is 4.79. The third-order valence-corrected chi connectivity index (χ3v) is 1.46. The molecule has 1 nitrogen and oxygen atoms in total. The maximum Gasteiger partial charge on any atom is 0.132 e. The molecule has 0 fully saturated rings. The first-order valence-corrected chi connectivity index (χ1v) is 3.36. The second-order valence-electron chi connectivity index (χ2n) is 1.58. The van der Waals surface area contributed by atoms with E-state index in [-0.39, 0.29) is 12.4 Å². The Morgan fingerprint density at radius 1 is 1.20 bits per heavy atom.